The first-order chi connectivity index (χ1) is 14.0. The van der Waals surface area contributed by atoms with E-state index in [9.17, 15) is 9.59 Å². The molecule has 1 fully saturated rings. The van der Waals surface area contributed by atoms with Gasteiger partial charge in [0, 0.05) is 11.4 Å². The third kappa shape index (κ3) is 3.85. The third-order valence-corrected chi connectivity index (χ3v) is 4.97. The second-order valence-electron chi connectivity index (χ2n) is 6.56. The Hall–Kier alpha value is -3.22. The van der Waals surface area contributed by atoms with E-state index >= 15 is 0 Å². The maximum atomic E-state index is 13.3. The number of ether oxygens (including phenoxy) is 3. The maximum absolute atomic E-state index is 13.3. The van der Waals surface area contributed by atoms with Crippen molar-refractivity contribution in [3.63, 3.8) is 0 Å². The van der Waals surface area contributed by atoms with Crippen LogP contribution in [0.1, 0.15) is 20.3 Å². The third-order valence-electron chi connectivity index (χ3n) is 4.97. The summed E-state index contributed by atoms with van der Waals surface area (Å²) < 4.78 is 15.8. The lowest BCUT2D eigenvalue weighted by Crippen LogP contribution is -2.48. The molecule has 0 spiro atoms. The van der Waals surface area contributed by atoms with Crippen LogP contribution in [0.15, 0.2) is 48.5 Å². The number of esters is 1. The molecule has 0 bridgehead atoms. The molecule has 1 heterocycles. The Morgan fingerprint density at radius 3 is 1.86 bits per heavy atom. The molecule has 154 valence electrons. The summed E-state index contributed by atoms with van der Waals surface area (Å²) in [5.41, 5.74) is 1.36. The summed E-state index contributed by atoms with van der Waals surface area (Å²) in [5, 5.41) is 0. The Bertz CT molecular complexity index is 851. The summed E-state index contributed by atoms with van der Waals surface area (Å²) in [7, 11) is 3.17. The van der Waals surface area contributed by atoms with Crippen LogP contribution in [0, 0.1) is 0 Å². The van der Waals surface area contributed by atoms with Crippen molar-refractivity contribution >= 4 is 23.3 Å². The zero-order chi connectivity index (χ0) is 21.0. The van der Waals surface area contributed by atoms with E-state index < -0.39 is 18.2 Å². The van der Waals surface area contributed by atoms with Gasteiger partial charge in [-0.25, -0.2) is 4.79 Å². The molecule has 0 N–H and O–H groups in total. The van der Waals surface area contributed by atoms with Gasteiger partial charge in [0.25, 0.3) is 5.91 Å². The highest BCUT2D eigenvalue weighted by Gasteiger charge is 2.50. The van der Waals surface area contributed by atoms with Gasteiger partial charge in [0.2, 0.25) is 6.17 Å². The Balaban J connectivity index is 2.08. The molecule has 0 radical (unpaired) electrons. The number of nitrogens with zero attached hydrogens (tertiary/aromatic N) is 2. The molecule has 1 aliphatic rings. The van der Waals surface area contributed by atoms with Crippen molar-refractivity contribution in [3.05, 3.63) is 48.5 Å². The van der Waals surface area contributed by atoms with Crippen molar-refractivity contribution in [1.82, 2.24) is 0 Å². The van der Waals surface area contributed by atoms with Crippen molar-refractivity contribution in [3.8, 4) is 11.5 Å². The van der Waals surface area contributed by atoms with E-state index in [1.165, 1.54) is 4.90 Å². The minimum Gasteiger partial charge on any atom is -0.497 e. The number of methoxy groups -OCH3 is 2. The Kier molecular flexibility index (Phi) is 6.26. The highest BCUT2D eigenvalue weighted by molar-refractivity contribution is 6.09. The van der Waals surface area contributed by atoms with Crippen LogP contribution < -0.4 is 19.3 Å². The molecule has 2 unspecified atom stereocenters. The van der Waals surface area contributed by atoms with Gasteiger partial charge in [-0.15, -0.1) is 0 Å². The van der Waals surface area contributed by atoms with Gasteiger partial charge < -0.3 is 19.1 Å². The zero-order valence-corrected chi connectivity index (χ0v) is 17.1. The number of hydrogen-bond acceptors (Lipinski definition) is 6. The monoisotopic (exact) mass is 398 g/mol. The van der Waals surface area contributed by atoms with Gasteiger partial charge in [-0.05, 0) is 61.9 Å². The fourth-order valence-electron chi connectivity index (χ4n) is 3.59. The van der Waals surface area contributed by atoms with Gasteiger partial charge in [0.15, 0.2) is 0 Å². The summed E-state index contributed by atoms with van der Waals surface area (Å²) in [5.74, 6) is 0.758. The molecule has 1 saturated heterocycles. The SMILES string of the molecule is CCOC(=O)C1N(c2ccc(OC)cc2)C(=O)C(CC)N1c1ccc(OC)cc1. The molecule has 2 aromatic carbocycles. The second-order valence-corrected chi connectivity index (χ2v) is 6.56. The number of rotatable bonds is 7. The second kappa shape index (κ2) is 8.86. The molecule has 3 rings (SSSR count). The fourth-order valence-corrected chi connectivity index (χ4v) is 3.59. The van der Waals surface area contributed by atoms with Crippen LogP contribution in [-0.4, -0.2) is 44.9 Å². The molecule has 0 aliphatic carbocycles. The first-order valence-electron chi connectivity index (χ1n) is 9.61. The normalized spacial score (nSPS) is 18.7. The first kappa shape index (κ1) is 20.5. The van der Waals surface area contributed by atoms with Crippen molar-refractivity contribution in [2.24, 2.45) is 0 Å². The molecule has 2 atom stereocenters. The van der Waals surface area contributed by atoms with E-state index in [2.05, 4.69) is 0 Å². The predicted octanol–water partition coefficient (Wildman–Crippen LogP) is 3.22. The summed E-state index contributed by atoms with van der Waals surface area (Å²) >= 11 is 0. The van der Waals surface area contributed by atoms with Crippen LogP contribution in [-0.2, 0) is 14.3 Å². The van der Waals surface area contributed by atoms with Crippen LogP contribution in [0.2, 0.25) is 0 Å². The lowest BCUT2D eigenvalue weighted by molar-refractivity contribution is -0.144. The molecule has 7 nitrogen and oxygen atoms in total. The Morgan fingerprint density at radius 1 is 0.897 bits per heavy atom. The summed E-state index contributed by atoms with van der Waals surface area (Å²) in [6, 6.07) is 13.9. The van der Waals surface area contributed by atoms with Gasteiger partial charge in [-0.2, -0.15) is 0 Å². The Labute approximate surface area is 170 Å². The molecule has 0 saturated carbocycles. The van der Waals surface area contributed by atoms with Gasteiger partial charge in [0.1, 0.15) is 17.5 Å². The largest absolute Gasteiger partial charge is 0.497 e. The van der Waals surface area contributed by atoms with Crippen LogP contribution in [0.5, 0.6) is 11.5 Å². The smallest absolute Gasteiger partial charge is 0.350 e. The number of hydrogen-bond donors (Lipinski definition) is 0. The highest BCUT2D eigenvalue weighted by atomic mass is 16.5. The van der Waals surface area contributed by atoms with Crippen LogP contribution in [0.4, 0.5) is 11.4 Å². The quantitative estimate of drug-likeness (QED) is 0.667. The number of amides is 1. The van der Waals surface area contributed by atoms with Crippen molar-refractivity contribution in [2.45, 2.75) is 32.5 Å². The van der Waals surface area contributed by atoms with E-state index in [4.69, 9.17) is 14.2 Å². The van der Waals surface area contributed by atoms with E-state index in [0.29, 0.717) is 23.6 Å². The average Bonchev–Trinajstić information content (AvgIpc) is 3.06. The fraction of sp³-hybridized carbons (Fsp3) is 0.364. The summed E-state index contributed by atoms with van der Waals surface area (Å²) in [4.78, 5) is 29.6. The minimum atomic E-state index is -0.894. The standard InChI is InChI=1S/C22H26N2O5/c1-5-19-21(25)24(16-9-13-18(28-4)14-10-16)20(22(26)29-6-2)23(19)15-7-11-17(27-3)12-8-15/h7-14,19-20H,5-6H2,1-4H3. The molecule has 2 aromatic rings. The summed E-state index contributed by atoms with van der Waals surface area (Å²) in [6.45, 7) is 3.91. The predicted molar refractivity (Wildman–Crippen MR) is 110 cm³/mol. The molecule has 1 amide bonds. The lowest BCUT2D eigenvalue weighted by Gasteiger charge is -2.31. The molecule has 29 heavy (non-hydrogen) atoms. The first-order valence-corrected chi connectivity index (χ1v) is 9.61. The van der Waals surface area contributed by atoms with E-state index in [1.807, 2.05) is 36.1 Å². The van der Waals surface area contributed by atoms with Crippen LogP contribution >= 0.6 is 0 Å². The Morgan fingerprint density at radius 2 is 1.41 bits per heavy atom. The van der Waals surface area contributed by atoms with Crippen LogP contribution in [0.25, 0.3) is 0 Å². The number of benzene rings is 2. The maximum Gasteiger partial charge on any atom is 0.350 e. The van der Waals surface area contributed by atoms with E-state index in [0.717, 1.165) is 5.69 Å². The topological polar surface area (TPSA) is 68.3 Å². The zero-order valence-electron chi connectivity index (χ0n) is 17.1. The van der Waals surface area contributed by atoms with Gasteiger partial charge in [0.05, 0.1) is 20.8 Å². The van der Waals surface area contributed by atoms with Crippen molar-refractivity contribution < 1.29 is 23.8 Å². The molecular formula is C22H26N2O5. The molecule has 0 aromatic heterocycles. The number of anilines is 2. The van der Waals surface area contributed by atoms with E-state index in [1.54, 1.807) is 45.4 Å². The summed E-state index contributed by atoms with van der Waals surface area (Å²) in [6.07, 6.45) is -0.345. The molecular weight excluding hydrogens is 372 g/mol. The molecule has 1 aliphatic heterocycles. The van der Waals surface area contributed by atoms with Gasteiger partial charge >= 0.3 is 5.97 Å². The molecule has 7 heteroatoms. The number of carbonyl (C=O) groups is 2. The average molecular weight is 398 g/mol. The lowest BCUT2D eigenvalue weighted by atomic mass is 10.1. The van der Waals surface area contributed by atoms with Gasteiger partial charge in [-0.1, -0.05) is 6.92 Å². The number of carbonyl (C=O) groups excluding carboxylic acids is 2. The van der Waals surface area contributed by atoms with Gasteiger partial charge in [-0.3, -0.25) is 9.69 Å². The van der Waals surface area contributed by atoms with E-state index in [-0.39, 0.29) is 12.5 Å². The minimum absolute atomic E-state index is 0.147. The van der Waals surface area contributed by atoms with Crippen molar-refractivity contribution in [1.29, 1.82) is 0 Å². The van der Waals surface area contributed by atoms with Crippen molar-refractivity contribution in [2.75, 3.05) is 30.6 Å². The van der Waals surface area contributed by atoms with Crippen LogP contribution in [0.3, 0.4) is 0 Å². The highest BCUT2D eigenvalue weighted by Crippen LogP contribution is 2.36.